The maximum atomic E-state index is 12.1. The number of nitrogens with two attached hydrogens (primary N) is 1. The Morgan fingerprint density at radius 3 is 2.48 bits per heavy atom. The van der Waals surface area contributed by atoms with E-state index in [1.165, 1.54) is 6.42 Å². The Labute approximate surface area is 181 Å². The summed E-state index contributed by atoms with van der Waals surface area (Å²) < 4.78 is 0. The molecule has 0 spiro atoms. The topological polar surface area (TPSA) is 65.7 Å². The van der Waals surface area contributed by atoms with E-state index in [0.29, 0.717) is 5.92 Å². The molecule has 1 amide bonds. The third kappa shape index (κ3) is 7.27. The Bertz CT molecular complexity index is 541. The number of amides is 1. The van der Waals surface area contributed by atoms with Crippen molar-refractivity contribution >= 4 is 48.9 Å². The van der Waals surface area contributed by atoms with Crippen LogP contribution in [0.15, 0.2) is 24.4 Å². The summed E-state index contributed by atoms with van der Waals surface area (Å²) in [6.45, 7) is 8.76. The van der Waals surface area contributed by atoms with Crippen LogP contribution in [0.2, 0.25) is 0 Å². The van der Waals surface area contributed by atoms with Crippen LogP contribution in [0.3, 0.4) is 0 Å². The maximum Gasteiger partial charge on any atom is 0.239 e. The molecule has 6 nitrogen and oxygen atoms in total. The first-order chi connectivity index (χ1) is 11.6. The molecule has 9 heteroatoms. The lowest BCUT2D eigenvalue weighted by Gasteiger charge is -2.40. The number of pyridine rings is 1. The Morgan fingerprint density at radius 1 is 1.19 bits per heavy atom. The zero-order valence-corrected chi connectivity index (χ0v) is 18.3. The summed E-state index contributed by atoms with van der Waals surface area (Å²) in [5.74, 6) is 1.74. The number of nitrogens with zero attached hydrogens (tertiary/aromatic N) is 4. The predicted molar refractivity (Wildman–Crippen MR) is 118 cm³/mol. The molecule has 3 rings (SSSR count). The van der Waals surface area contributed by atoms with Crippen molar-refractivity contribution in [2.45, 2.75) is 25.8 Å². The Morgan fingerprint density at radius 2 is 1.89 bits per heavy atom. The second-order valence-corrected chi connectivity index (χ2v) is 7.06. The molecule has 2 atom stereocenters. The maximum absolute atomic E-state index is 12.1. The van der Waals surface area contributed by atoms with Gasteiger partial charge < -0.3 is 15.5 Å². The number of likely N-dealkylation sites (tertiary alicyclic amines) is 1. The van der Waals surface area contributed by atoms with E-state index in [2.05, 4.69) is 20.9 Å². The second-order valence-electron chi connectivity index (χ2n) is 7.06. The summed E-state index contributed by atoms with van der Waals surface area (Å²) in [5, 5.41) is 0. The molecule has 0 saturated carbocycles. The van der Waals surface area contributed by atoms with E-state index in [9.17, 15) is 4.79 Å². The molecule has 27 heavy (non-hydrogen) atoms. The van der Waals surface area contributed by atoms with Crippen LogP contribution in [0.25, 0.3) is 0 Å². The van der Waals surface area contributed by atoms with Gasteiger partial charge in [-0.3, -0.25) is 9.69 Å². The lowest BCUT2D eigenvalue weighted by Crippen LogP contribution is -2.51. The van der Waals surface area contributed by atoms with Gasteiger partial charge in [-0.05, 0) is 37.8 Å². The van der Waals surface area contributed by atoms with Crippen LogP contribution in [-0.2, 0) is 4.79 Å². The monoisotopic (exact) mass is 439 g/mol. The fourth-order valence-corrected chi connectivity index (χ4v) is 3.77. The highest BCUT2D eigenvalue weighted by Crippen LogP contribution is 2.20. The molecule has 0 radical (unpaired) electrons. The summed E-state index contributed by atoms with van der Waals surface area (Å²) in [6, 6.07) is 5.69. The normalized spacial score (nSPS) is 21.3. The first kappa shape index (κ1) is 26.2. The fourth-order valence-electron chi connectivity index (χ4n) is 3.77. The highest BCUT2D eigenvalue weighted by atomic mass is 35.5. The van der Waals surface area contributed by atoms with Gasteiger partial charge in [-0.1, -0.05) is 6.07 Å². The van der Waals surface area contributed by atoms with Gasteiger partial charge in [0.1, 0.15) is 5.82 Å². The number of hydrogen-bond donors (Lipinski definition) is 1. The van der Waals surface area contributed by atoms with Gasteiger partial charge in [0.05, 0.1) is 6.04 Å². The van der Waals surface area contributed by atoms with Gasteiger partial charge in [0.25, 0.3) is 0 Å². The van der Waals surface area contributed by atoms with Crippen molar-refractivity contribution in [2.75, 3.05) is 50.7 Å². The molecule has 2 aliphatic rings. The third-order valence-electron chi connectivity index (χ3n) is 5.08. The van der Waals surface area contributed by atoms with Crippen LogP contribution in [-0.4, -0.2) is 72.5 Å². The van der Waals surface area contributed by atoms with Crippen LogP contribution < -0.4 is 10.6 Å². The number of carbonyl (C=O) groups excluding carboxylic acids is 1. The highest BCUT2D eigenvalue weighted by Gasteiger charge is 2.27. The molecule has 2 aliphatic heterocycles. The summed E-state index contributed by atoms with van der Waals surface area (Å²) in [7, 11) is 0. The largest absolute Gasteiger partial charge is 0.354 e. The average Bonchev–Trinajstić information content (AvgIpc) is 2.62. The highest BCUT2D eigenvalue weighted by molar-refractivity contribution is 5.86. The van der Waals surface area contributed by atoms with Crippen LogP contribution in [0.1, 0.15) is 19.8 Å². The van der Waals surface area contributed by atoms with Gasteiger partial charge >= 0.3 is 0 Å². The molecule has 1 aromatic rings. The van der Waals surface area contributed by atoms with Crippen LogP contribution in [0.4, 0.5) is 5.82 Å². The van der Waals surface area contributed by atoms with Gasteiger partial charge in [-0.25, -0.2) is 4.98 Å². The molecule has 156 valence electrons. The molecule has 2 N–H and O–H groups in total. The molecular weight excluding hydrogens is 409 g/mol. The number of rotatable bonds is 4. The minimum Gasteiger partial charge on any atom is -0.354 e. The molecule has 0 aromatic carbocycles. The summed E-state index contributed by atoms with van der Waals surface area (Å²) >= 11 is 0. The standard InChI is InChI=1S/C18H29N5O.3ClH/c1-15(19)18(24)23-8-4-5-16(14-23)13-21-9-11-22(12-10-21)17-6-2-3-7-20-17;;;/h2-3,6-7,15-16H,4-5,8-14,19H2,1H3;3*1H/t15-,16?;;;/m1.../s1. The summed E-state index contributed by atoms with van der Waals surface area (Å²) in [6.07, 6.45) is 4.16. The van der Waals surface area contributed by atoms with E-state index < -0.39 is 0 Å². The molecule has 1 aromatic heterocycles. The van der Waals surface area contributed by atoms with Crippen molar-refractivity contribution in [1.82, 2.24) is 14.8 Å². The zero-order valence-electron chi connectivity index (χ0n) is 15.8. The van der Waals surface area contributed by atoms with Crippen LogP contribution >= 0.6 is 37.2 Å². The van der Waals surface area contributed by atoms with E-state index in [4.69, 9.17) is 5.73 Å². The van der Waals surface area contributed by atoms with E-state index in [1.54, 1.807) is 6.92 Å². The number of piperidine rings is 1. The Kier molecular flexibility index (Phi) is 12.3. The number of carbonyl (C=O) groups is 1. The minimum absolute atomic E-state index is 0. The smallest absolute Gasteiger partial charge is 0.239 e. The summed E-state index contributed by atoms with van der Waals surface area (Å²) in [4.78, 5) is 23.4. The van der Waals surface area contributed by atoms with Crippen LogP contribution in [0.5, 0.6) is 0 Å². The Balaban J connectivity index is 0.00000225. The van der Waals surface area contributed by atoms with Gasteiger partial charge in [-0.15, -0.1) is 37.2 Å². The lowest BCUT2D eigenvalue weighted by molar-refractivity contribution is -0.134. The van der Waals surface area contributed by atoms with Gasteiger partial charge in [0.15, 0.2) is 0 Å². The first-order valence-electron chi connectivity index (χ1n) is 9.06. The molecule has 1 unspecified atom stereocenters. The number of aromatic nitrogens is 1. The molecule has 3 heterocycles. The van der Waals surface area contributed by atoms with Crippen molar-refractivity contribution in [3.8, 4) is 0 Å². The minimum atomic E-state index is -0.384. The van der Waals surface area contributed by atoms with E-state index in [-0.39, 0.29) is 49.2 Å². The number of anilines is 1. The quantitative estimate of drug-likeness (QED) is 0.776. The predicted octanol–water partition coefficient (Wildman–Crippen LogP) is 2.05. The van der Waals surface area contributed by atoms with Crippen molar-refractivity contribution < 1.29 is 4.79 Å². The lowest BCUT2D eigenvalue weighted by atomic mass is 9.96. The number of piperazine rings is 1. The number of hydrogen-bond acceptors (Lipinski definition) is 5. The summed E-state index contributed by atoms with van der Waals surface area (Å²) in [5.41, 5.74) is 5.75. The van der Waals surface area contributed by atoms with Gasteiger partial charge in [-0.2, -0.15) is 0 Å². The SMILES string of the molecule is C[C@@H](N)C(=O)N1CCCC(CN2CCN(c3ccccn3)CC2)C1.Cl.Cl.Cl. The van der Waals surface area contributed by atoms with Crippen molar-refractivity contribution in [3.05, 3.63) is 24.4 Å². The molecule has 0 aliphatic carbocycles. The van der Waals surface area contributed by atoms with E-state index >= 15 is 0 Å². The fraction of sp³-hybridized carbons (Fsp3) is 0.667. The van der Waals surface area contributed by atoms with Gasteiger partial charge in [0.2, 0.25) is 5.91 Å². The first-order valence-corrected chi connectivity index (χ1v) is 9.06. The number of halogens is 3. The van der Waals surface area contributed by atoms with Gasteiger partial charge in [0, 0.05) is 52.0 Å². The molecule has 0 bridgehead atoms. The van der Waals surface area contributed by atoms with Crippen molar-refractivity contribution in [3.63, 3.8) is 0 Å². The van der Waals surface area contributed by atoms with Crippen molar-refractivity contribution in [1.29, 1.82) is 0 Å². The average molecular weight is 441 g/mol. The molecular formula is C18H32Cl3N5O. The van der Waals surface area contributed by atoms with E-state index in [0.717, 1.165) is 58.1 Å². The molecule has 2 fully saturated rings. The third-order valence-corrected chi connectivity index (χ3v) is 5.08. The Hall–Kier alpha value is -0.790. The van der Waals surface area contributed by atoms with Crippen molar-refractivity contribution in [2.24, 2.45) is 11.7 Å². The second kappa shape index (κ2) is 12.6. The van der Waals surface area contributed by atoms with Crippen LogP contribution in [0, 0.1) is 5.92 Å². The molecule has 2 saturated heterocycles. The zero-order chi connectivity index (χ0) is 16.9. The van der Waals surface area contributed by atoms with E-state index in [1.807, 2.05) is 23.2 Å².